The predicted octanol–water partition coefficient (Wildman–Crippen LogP) is 3.76. The molecule has 0 spiro atoms. The van der Waals surface area contributed by atoms with Crippen LogP contribution in [0.5, 0.6) is 0 Å². The third-order valence-corrected chi connectivity index (χ3v) is 4.58. The van der Waals surface area contributed by atoms with Crippen LogP contribution in [0, 0.1) is 5.92 Å². The molecule has 112 valence electrons. The molecule has 1 aliphatic rings. The van der Waals surface area contributed by atoms with E-state index in [0.29, 0.717) is 6.04 Å². The Hall–Kier alpha value is -0.670. The van der Waals surface area contributed by atoms with Gasteiger partial charge in [-0.3, -0.25) is 0 Å². The van der Waals surface area contributed by atoms with Crippen molar-refractivity contribution < 1.29 is 0 Å². The summed E-state index contributed by atoms with van der Waals surface area (Å²) in [6.45, 7) is 7.96. The second-order valence-electron chi connectivity index (χ2n) is 6.13. The molecule has 1 aromatic carbocycles. The standard InChI is InChI=1S/C17H28N2S/c1-14(2)11-16-13-19(9-6-10-20-3)17-8-5-4-7-15(17)12-18-16/h4-5,7-8,14,16,18H,6,9-13H2,1-3H3. The Morgan fingerprint density at radius 3 is 2.90 bits per heavy atom. The van der Waals surface area contributed by atoms with Crippen molar-refractivity contribution in [1.82, 2.24) is 5.32 Å². The minimum atomic E-state index is 0.608. The second-order valence-corrected chi connectivity index (χ2v) is 7.11. The normalized spacial score (nSPS) is 19.0. The van der Waals surface area contributed by atoms with E-state index in [1.807, 2.05) is 11.8 Å². The van der Waals surface area contributed by atoms with Crippen molar-refractivity contribution in [2.45, 2.75) is 39.3 Å². The highest BCUT2D eigenvalue weighted by Crippen LogP contribution is 2.25. The molecule has 2 rings (SSSR count). The Morgan fingerprint density at radius 2 is 2.15 bits per heavy atom. The minimum absolute atomic E-state index is 0.608. The fraction of sp³-hybridized carbons (Fsp3) is 0.647. The van der Waals surface area contributed by atoms with E-state index in [1.54, 1.807) is 0 Å². The molecule has 3 heteroatoms. The van der Waals surface area contributed by atoms with Crippen LogP contribution in [0.25, 0.3) is 0 Å². The number of anilines is 1. The number of fused-ring (bicyclic) bond motifs is 1. The molecular weight excluding hydrogens is 264 g/mol. The van der Waals surface area contributed by atoms with E-state index < -0.39 is 0 Å². The quantitative estimate of drug-likeness (QED) is 0.804. The van der Waals surface area contributed by atoms with Crippen LogP contribution in [-0.2, 0) is 6.54 Å². The van der Waals surface area contributed by atoms with Crippen molar-refractivity contribution in [3.05, 3.63) is 29.8 Å². The van der Waals surface area contributed by atoms with Crippen LogP contribution >= 0.6 is 11.8 Å². The van der Waals surface area contributed by atoms with Crippen LogP contribution < -0.4 is 10.2 Å². The Balaban J connectivity index is 2.10. The zero-order valence-corrected chi connectivity index (χ0v) is 13.9. The van der Waals surface area contributed by atoms with Gasteiger partial charge in [0.1, 0.15) is 0 Å². The monoisotopic (exact) mass is 292 g/mol. The molecular formula is C17H28N2S. The number of hydrogen-bond acceptors (Lipinski definition) is 3. The van der Waals surface area contributed by atoms with Crippen LogP contribution in [-0.4, -0.2) is 31.1 Å². The number of nitrogens with zero attached hydrogens (tertiary/aromatic N) is 1. The van der Waals surface area contributed by atoms with E-state index in [4.69, 9.17) is 0 Å². The van der Waals surface area contributed by atoms with E-state index >= 15 is 0 Å². The van der Waals surface area contributed by atoms with Crippen molar-refractivity contribution in [3.8, 4) is 0 Å². The van der Waals surface area contributed by atoms with Crippen LogP contribution in [0.4, 0.5) is 5.69 Å². The summed E-state index contributed by atoms with van der Waals surface area (Å²) in [5, 5.41) is 3.74. The summed E-state index contributed by atoms with van der Waals surface area (Å²) in [5.41, 5.74) is 2.88. The van der Waals surface area contributed by atoms with Gasteiger partial charge >= 0.3 is 0 Å². The molecule has 0 bridgehead atoms. The van der Waals surface area contributed by atoms with Crippen molar-refractivity contribution in [2.75, 3.05) is 30.0 Å². The summed E-state index contributed by atoms with van der Waals surface area (Å²) in [6.07, 6.45) is 4.72. The molecule has 1 aromatic rings. The van der Waals surface area contributed by atoms with Crippen LogP contribution in [0.1, 0.15) is 32.3 Å². The lowest BCUT2D eigenvalue weighted by Gasteiger charge is -2.28. The molecule has 20 heavy (non-hydrogen) atoms. The lowest BCUT2D eigenvalue weighted by molar-refractivity contribution is 0.422. The molecule has 0 amide bonds. The van der Waals surface area contributed by atoms with Gasteiger partial charge in [0.2, 0.25) is 0 Å². The van der Waals surface area contributed by atoms with Gasteiger partial charge in [-0.2, -0.15) is 11.8 Å². The minimum Gasteiger partial charge on any atom is -0.370 e. The van der Waals surface area contributed by atoms with E-state index in [2.05, 4.69) is 54.6 Å². The van der Waals surface area contributed by atoms with Gasteiger partial charge in [0.25, 0.3) is 0 Å². The first-order chi connectivity index (χ1) is 9.70. The highest BCUT2D eigenvalue weighted by Gasteiger charge is 2.21. The highest BCUT2D eigenvalue weighted by molar-refractivity contribution is 7.98. The first-order valence-electron chi connectivity index (χ1n) is 7.76. The molecule has 0 fully saturated rings. The molecule has 1 aliphatic heterocycles. The van der Waals surface area contributed by atoms with Gasteiger partial charge in [-0.05, 0) is 42.4 Å². The first kappa shape index (κ1) is 15.7. The third kappa shape index (κ3) is 4.42. The van der Waals surface area contributed by atoms with E-state index in [-0.39, 0.29) is 0 Å². The molecule has 1 unspecified atom stereocenters. The zero-order chi connectivity index (χ0) is 14.4. The molecule has 0 radical (unpaired) electrons. The smallest absolute Gasteiger partial charge is 0.0412 e. The predicted molar refractivity (Wildman–Crippen MR) is 91.7 cm³/mol. The maximum atomic E-state index is 3.74. The molecule has 0 aromatic heterocycles. The summed E-state index contributed by atoms with van der Waals surface area (Å²) in [5.74, 6) is 2.00. The van der Waals surface area contributed by atoms with Gasteiger partial charge in [-0.1, -0.05) is 32.0 Å². The van der Waals surface area contributed by atoms with E-state index in [0.717, 1.165) is 19.0 Å². The average molecular weight is 292 g/mol. The fourth-order valence-corrected chi connectivity index (χ4v) is 3.41. The van der Waals surface area contributed by atoms with E-state index in [9.17, 15) is 0 Å². The molecule has 0 saturated carbocycles. The first-order valence-corrected chi connectivity index (χ1v) is 9.15. The summed E-state index contributed by atoms with van der Waals surface area (Å²) < 4.78 is 0. The van der Waals surface area contributed by atoms with Crippen LogP contribution in [0.2, 0.25) is 0 Å². The molecule has 1 heterocycles. The average Bonchev–Trinajstić information content (AvgIpc) is 2.59. The summed E-state index contributed by atoms with van der Waals surface area (Å²) in [7, 11) is 0. The van der Waals surface area contributed by atoms with E-state index in [1.165, 1.54) is 36.4 Å². The SMILES string of the molecule is CSCCCN1CC(CC(C)C)NCc2ccccc21. The highest BCUT2D eigenvalue weighted by atomic mass is 32.2. The number of thioether (sulfide) groups is 1. The summed E-state index contributed by atoms with van der Waals surface area (Å²) in [6, 6.07) is 9.49. The van der Waals surface area contributed by atoms with Crippen LogP contribution in [0.15, 0.2) is 24.3 Å². The largest absolute Gasteiger partial charge is 0.370 e. The van der Waals surface area contributed by atoms with Gasteiger partial charge in [-0.25, -0.2) is 0 Å². The molecule has 0 aliphatic carbocycles. The number of para-hydroxylation sites is 1. The number of hydrogen-bond donors (Lipinski definition) is 1. The van der Waals surface area contributed by atoms with Crippen molar-refractivity contribution in [3.63, 3.8) is 0 Å². The van der Waals surface area contributed by atoms with Gasteiger partial charge in [0.15, 0.2) is 0 Å². The second kappa shape index (κ2) is 7.94. The number of rotatable bonds is 6. The number of benzene rings is 1. The van der Waals surface area contributed by atoms with Gasteiger partial charge in [0, 0.05) is 31.4 Å². The lowest BCUT2D eigenvalue weighted by atomic mass is 10.0. The third-order valence-electron chi connectivity index (χ3n) is 3.89. The van der Waals surface area contributed by atoms with Gasteiger partial charge in [-0.15, -0.1) is 0 Å². The lowest BCUT2D eigenvalue weighted by Crippen LogP contribution is -2.39. The molecule has 1 atom stereocenters. The van der Waals surface area contributed by atoms with Crippen molar-refractivity contribution in [2.24, 2.45) is 5.92 Å². The van der Waals surface area contributed by atoms with Crippen molar-refractivity contribution >= 4 is 17.4 Å². The Morgan fingerprint density at radius 1 is 1.35 bits per heavy atom. The maximum absolute atomic E-state index is 3.74. The van der Waals surface area contributed by atoms with Crippen molar-refractivity contribution in [1.29, 1.82) is 0 Å². The zero-order valence-electron chi connectivity index (χ0n) is 13.1. The Labute approximate surface area is 128 Å². The molecule has 1 N–H and O–H groups in total. The van der Waals surface area contributed by atoms with Gasteiger partial charge in [0.05, 0.1) is 0 Å². The Kier molecular flexibility index (Phi) is 6.24. The summed E-state index contributed by atoms with van der Waals surface area (Å²) in [4.78, 5) is 2.60. The van der Waals surface area contributed by atoms with Gasteiger partial charge < -0.3 is 10.2 Å². The topological polar surface area (TPSA) is 15.3 Å². The maximum Gasteiger partial charge on any atom is 0.0412 e. The molecule has 0 saturated heterocycles. The van der Waals surface area contributed by atoms with Crippen LogP contribution in [0.3, 0.4) is 0 Å². The summed E-state index contributed by atoms with van der Waals surface area (Å²) >= 11 is 1.95. The Bertz CT molecular complexity index is 406. The fourth-order valence-electron chi connectivity index (χ4n) is 2.99. The number of nitrogens with one attached hydrogen (secondary N) is 1. The molecule has 2 nitrogen and oxygen atoms in total.